The molecule has 2 rings (SSSR count). The lowest BCUT2D eigenvalue weighted by atomic mass is 10.5. The van der Waals surface area contributed by atoms with Crippen molar-refractivity contribution in [2.24, 2.45) is 0 Å². The number of rotatable bonds is 0. The molecule has 2 heterocycles. The van der Waals surface area contributed by atoms with Crippen LogP contribution in [0.15, 0.2) is 23.1 Å². The number of aromatic hydroxyl groups is 1. The molecule has 2 aromatic heterocycles. The van der Waals surface area contributed by atoms with Gasteiger partial charge in [0.2, 0.25) is 0 Å². The summed E-state index contributed by atoms with van der Waals surface area (Å²) < 4.78 is 4.65. The molecule has 0 unspecified atom stereocenters. The zero-order chi connectivity index (χ0) is 6.97. The molecule has 4 nitrogen and oxygen atoms in total. The van der Waals surface area contributed by atoms with Crippen molar-refractivity contribution in [1.82, 2.24) is 9.97 Å². The van der Waals surface area contributed by atoms with Gasteiger partial charge >= 0.3 is 5.95 Å². The van der Waals surface area contributed by atoms with E-state index in [0.29, 0.717) is 11.0 Å². The molecule has 0 amide bonds. The van der Waals surface area contributed by atoms with Crippen LogP contribution in [0.25, 0.3) is 11.0 Å². The highest BCUT2D eigenvalue weighted by molar-refractivity contribution is 5.77. The second kappa shape index (κ2) is 1.70. The van der Waals surface area contributed by atoms with Crippen LogP contribution in [0.1, 0.15) is 0 Å². The van der Waals surface area contributed by atoms with Crippen LogP contribution in [0.2, 0.25) is 0 Å². The van der Waals surface area contributed by atoms with E-state index < -0.39 is 0 Å². The summed E-state index contributed by atoms with van der Waals surface area (Å²) in [5, 5.41) is 8.94. The first-order valence-corrected chi connectivity index (χ1v) is 2.75. The summed E-state index contributed by atoms with van der Waals surface area (Å²) in [6.07, 6.45) is 4.40. The summed E-state index contributed by atoms with van der Waals surface area (Å²) in [5.74, 6) is -0.178. The van der Waals surface area contributed by atoms with Crippen molar-refractivity contribution in [3.8, 4) is 5.95 Å². The van der Waals surface area contributed by atoms with Crippen LogP contribution in [0.5, 0.6) is 5.95 Å². The predicted molar refractivity (Wildman–Crippen MR) is 33.5 cm³/mol. The van der Waals surface area contributed by atoms with E-state index in [-0.39, 0.29) is 5.95 Å². The van der Waals surface area contributed by atoms with Crippen LogP contribution in [-0.4, -0.2) is 15.1 Å². The third kappa shape index (κ3) is 0.556. The largest absolute Gasteiger partial charge is 0.479 e. The fourth-order valence-electron chi connectivity index (χ4n) is 0.767. The molecule has 0 saturated carbocycles. The van der Waals surface area contributed by atoms with E-state index in [9.17, 15) is 0 Å². The van der Waals surface area contributed by atoms with Crippen molar-refractivity contribution in [3.63, 3.8) is 0 Å². The highest BCUT2D eigenvalue weighted by atomic mass is 16.5. The third-order valence-corrected chi connectivity index (χ3v) is 1.21. The molecule has 0 aliphatic rings. The van der Waals surface area contributed by atoms with Gasteiger partial charge in [-0.05, 0) is 0 Å². The average Bonchev–Trinajstić information content (AvgIpc) is 2.34. The van der Waals surface area contributed by atoms with E-state index in [2.05, 4.69) is 14.4 Å². The van der Waals surface area contributed by atoms with Crippen LogP contribution in [0.3, 0.4) is 0 Å². The monoisotopic (exact) mass is 136 g/mol. The SMILES string of the molecule is Oc1occ2nccnc12. The van der Waals surface area contributed by atoms with Crippen LogP contribution < -0.4 is 0 Å². The zero-order valence-corrected chi connectivity index (χ0v) is 4.98. The highest BCUT2D eigenvalue weighted by Gasteiger charge is 2.03. The molecular formula is C6H4N2O2. The van der Waals surface area contributed by atoms with Crippen molar-refractivity contribution >= 4 is 11.0 Å². The molecule has 0 spiro atoms. The van der Waals surface area contributed by atoms with Crippen LogP contribution >= 0.6 is 0 Å². The minimum absolute atomic E-state index is 0.178. The molecule has 0 aliphatic heterocycles. The first-order chi connectivity index (χ1) is 4.88. The number of hydrogen-bond donors (Lipinski definition) is 1. The van der Waals surface area contributed by atoms with Crippen LogP contribution in [0, 0.1) is 0 Å². The lowest BCUT2D eigenvalue weighted by Gasteiger charge is -1.82. The first-order valence-electron chi connectivity index (χ1n) is 2.75. The Balaban J connectivity index is 2.93. The van der Waals surface area contributed by atoms with Crippen molar-refractivity contribution in [3.05, 3.63) is 18.7 Å². The van der Waals surface area contributed by atoms with E-state index in [4.69, 9.17) is 5.11 Å². The molecule has 50 valence electrons. The summed E-state index contributed by atoms with van der Waals surface area (Å²) in [6, 6.07) is 0. The van der Waals surface area contributed by atoms with Gasteiger partial charge in [-0.3, -0.25) is 0 Å². The molecule has 0 aromatic carbocycles. The lowest BCUT2D eigenvalue weighted by Crippen LogP contribution is -1.74. The minimum atomic E-state index is -0.178. The molecule has 0 radical (unpaired) electrons. The van der Waals surface area contributed by atoms with E-state index in [1.807, 2.05) is 0 Å². The summed E-state index contributed by atoms with van der Waals surface area (Å²) in [7, 11) is 0. The third-order valence-electron chi connectivity index (χ3n) is 1.21. The Morgan fingerprint density at radius 2 is 2.10 bits per heavy atom. The first kappa shape index (κ1) is 5.22. The maximum Gasteiger partial charge on any atom is 0.311 e. The Kier molecular flexibility index (Phi) is 0.887. The summed E-state index contributed by atoms with van der Waals surface area (Å²) in [4.78, 5) is 7.72. The smallest absolute Gasteiger partial charge is 0.311 e. The predicted octanol–water partition coefficient (Wildman–Crippen LogP) is 0.928. The van der Waals surface area contributed by atoms with E-state index >= 15 is 0 Å². The van der Waals surface area contributed by atoms with Gasteiger partial charge < -0.3 is 9.52 Å². The molecule has 0 fully saturated rings. The fraction of sp³-hybridized carbons (Fsp3) is 0. The highest BCUT2D eigenvalue weighted by Crippen LogP contribution is 2.21. The molecule has 10 heavy (non-hydrogen) atoms. The van der Waals surface area contributed by atoms with Gasteiger partial charge in [0.1, 0.15) is 11.8 Å². The van der Waals surface area contributed by atoms with Crippen LogP contribution in [0.4, 0.5) is 0 Å². The molecule has 4 heteroatoms. The Labute approximate surface area is 56.1 Å². The van der Waals surface area contributed by atoms with Crippen molar-refractivity contribution in [1.29, 1.82) is 0 Å². The lowest BCUT2D eigenvalue weighted by molar-refractivity contribution is 0.337. The molecule has 0 aliphatic carbocycles. The molecule has 0 atom stereocenters. The molecule has 0 saturated heterocycles. The zero-order valence-electron chi connectivity index (χ0n) is 4.98. The van der Waals surface area contributed by atoms with Gasteiger partial charge in [0.15, 0.2) is 5.52 Å². The topological polar surface area (TPSA) is 59.2 Å². The van der Waals surface area contributed by atoms with Gasteiger partial charge in [0.05, 0.1) is 0 Å². The second-order valence-electron chi connectivity index (χ2n) is 1.83. The quantitative estimate of drug-likeness (QED) is 0.585. The van der Waals surface area contributed by atoms with Crippen molar-refractivity contribution in [2.75, 3.05) is 0 Å². The Morgan fingerprint density at radius 1 is 1.30 bits per heavy atom. The Morgan fingerprint density at radius 3 is 2.90 bits per heavy atom. The van der Waals surface area contributed by atoms with Gasteiger partial charge in [0.25, 0.3) is 0 Å². The van der Waals surface area contributed by atoms with Crippen LogP contribution in [-0.2, 0) is 0 Å². The van der Waals surface area contributed by atoms with Gasteiger partial charge in [-0.15, -0.1) is 0 Å². The minimum Gasteiger partial charge on any atom is -0.479 e. The number of fused-ring (bicyclic) bond motifs is 1. The standard InChI is InChI=1S/C6H4N2O2/c9-6-5-4(3-10-6)7-1-2-8-5/h1-3,9H. The summed E-state index contributed by atoms with van der Waals surface area (Å²) in [5.41, 5.74) is 0.975. The van der Waals surface area contributed by atoms with E-state index in [1.165, 1.54) is 18.7 Å². The summed E-state index contributed by atoms with van der Waals surface area (Å²) >= 11 is 0. The normalized spacial score (nSPS) is 10.4. The van der Waals surface area contributed by atoms with Gasteiger partial charge in [0, 0.05) is 12.4 Å². The number of aromatic nitrogens is 2. The average molecular weight is 136 g/mol. The molecule has 0 bridgehead atoms. The van der Waals surface area contributed by atoms with Gasteiger partial charge in [-0.25, -0.2) is 9.97 Å². The second-order valence-corrected chi connectivity index (χ2v) is 1.83. The summed E-state index contributed by atoms with van der Waals surface area (Å²) in [6.45, 7) is 0. The van der Waals surface area contributed by atoms with E-state index in [1.54, 1.807) is 0 Å². The van der Waals surface area contributed by atoms with E-state index in [0.717, 1.165) is 0 Å². The Bertz CT molecular complexity index is 355. The van der Waals surface area contributed by atoms with Gasteiger partial charge in [-0.1, -0.05) is 0 Å². The van der Waals surface area contributed by atoms with Gasteiger partial charge in [-0.2, -0.15) is 0 Å². The molecule has 1 N–H and O–H groups in total. The number of hydrogen-bond acceptors (Lipinski definition) is 4. The van der Waals surface area contributed by atoms with Crippen molar-refractivity contribution in [2.45, 2.75) is 0 Å². The Hall–Kier alpha value is -1.58. The number of furan rings is 1. The molecular weight excluding hydrogens is 132 g/mol. The maximum atomic E-state index is 8.94. The maximum absolute atomic E-state index is 8.94. The fourth-order valence-corrected chi connectivity index (χ4v) is 0.767. The number of nitrogens with zero attached hydrogens (tertiary/aromatic N) is 2. The van der Waals surface area contributed by atoms with Crippen molar-refractivity contribution < 1.29 is 9.52 Å². The molecule has 2 aromatic rings.